The van der Waals surface area contributed by atoms with E-state index in [9.17, 15) is 9.59 Å². The fraction of sp³-hybridized carbons (Fsp3) is 0.643. The van der Waals surface area contributed by atoms with Gasteiger partial charge in [-0.1, -0.05) is 0 Å². The van der Waals surface area contributed by atoms with Gasteiger partial charge in [-0.3, -0.25) is 14.7 Å². The number of pyridine rings is 2. The molecule has 0 aliphatic carbocycles. The number of piperidine rings is 3. The lowest BCUT2D eigenvalue weighted by atomic mass is 9.71. The van der Waals surface area contributed by atoms with Crippen molar-refractivity contribution < 1.29 is 19.0 Å². The van der Waals surface area contributed by atoms with E-state index in [-0.39, 0.29) is 11.7 Å². The summed E-state index contributed by atoms with van der Waals surface area (Å²) in [5, 5.41) is 1.46. The van der Waals surface area contributed by atoms with E-state index in [1.54, 1.807) is 38.2 Å². The molecule has 1 spiro atoms. The molecule has 11 nitrogen and oxygen atoms in total. The monoisotopic (exact) mass is 728 g/mol. The predicted molar refractivity (Wildman–Crippen MR) is 209 cm³/mol. The van der Waals surface area contributed by atoms with E-state index in [1.165, 1.54) is 51.6 Å². The maximum Gasteiger partial charge on any atom is 0.410 e. The number of amides is 1. The van der Waals surface area contributed by atoms with Crippen molar-refractivity contribution in [2.75, 3.05) is 73.1 Å². The molecule has 3 aromatic rings. The number of benzene rings is 1. The molecule has 4 fully saturated rings. The number of aryl methyl sites for hydroxylation is 1. The van der Waals surface area contributed by atoms with Crippen LogP contribution in [0.3, 0.4) is 0 Å². The second kappa shape index (κ2) is 15.6. The Morgan fingerprint density at radius 1 is 0.887 bits per heavy atom. The van der Waals surface area contributed by atoms with Crippen LogP contribution in [0, 0.1) is 11.3 Å². The molecule has 0 radical (unpaired) electrons. The van der Waals surface area contributed by atoms with E-state index in [0.29, 0.717) is 22.8 Å². The number of aromatic nitrogens is 2. The Kier molecular flexibility index (Phi) is 11.1. The van der Waals surface area contributed by atoms with Crippen molar-refractivity contribution in [2.45, 2.75) is 83.9 Å². The molecule has 11 heteroatoms. The van der Waals surface area contributed by atoms with Gasteiger partial charge in [-0.05, 0) is 145 Å². The molecule has 7 rings (SSSR count). The zero-order valence-corrected chi connectivity index (χ0v) is 32.9. The molecule has 6 heterocycles. The Labute approximate surface area is 315 Å². The lowest BCUT2D eigenvalue weighted by Gasteiger charge is -2.49. The number of likely N-dealkylation sites (tertiary alicyclic amines) is 4. The average molecular weight is 729 g/mol. The third-order valence-electron chi connectivity index (χ3n) is 12.6. The molecule has 1 unspecified atom stereocenters. The normalized spacial score (nSPS) is 22.1. The molecule has 4 saturated heterocycles. The molecule has 2 aromatic heterocycles. The molecular formula is C42H60N6O5. The SMILES string of the molecule is COc1cc(-c2cn(C)c(=O)c3cnccc23)cc(OC)c1CN1CCC2(CC1)CCN(C1CCN(CC3CCN(C(=O)OC(C)(C)C)C3)CC1)CC2. The van der Waals surface area contributed by atoms with Crippen LogP contribution in [-0.2, 0) is 18.3 Å². The van der Waals surface area contributed by atoms with Crippen LogP contribution in [-0.4, -0.2) is 120 Å². The van der Waals surface area contributed by atoms with Crippen molar-refractivity contribution in [3.05, 3.63) is 52.7 Å². The molecule has 0 saturated carbocycles. The Morgan fingerprint density at radius 3 is 2.19 bits per heavy atom. The lowest BCUT2D eigenvalue weighted by molar-refractivity contribution is 0.00416. The Bertz CT molecular complexity index is 1790. The Hall–Kier alpha value is -3.67. The van der Waals surface area contributed by atoms with Crippen LogP contribution in [0.15, 0.2) is 41.6 Å². The second-order valence-electron chi connectivity index (χ2n) is 17.2. The molecule has 53 heavy (non-hydrogen) atoms. The van der Waals surface area contributed by atoms with Crippen molar-refractivity contribution in [2.24, 2.45) is 18.4 Å². The molecule has 1 amide bonds. The fourth-order valence-electron chi connectivity index (χ4n) is 9.42. The highest BCUT2D eigenvalue weighted by Gasteiger charge is 2.40. The van der Waals surface area contributed by atoms with Crippen LogP contribution in [0.25, 0.3) is 21.9 Å². The van der Waals surface area contributed by atoms with Gasteiger partial charge in [-0.2, -0.15) is 0 Å². The molecular weight excluding hydrogens is 668 g/mol. The average Bonchev–Trinajstić information content (AvgIpc) is 3.63. The number of rotatable bonds is 8. The molecule has 4 aliphatic heterocycles. The summed E-state index contributed by atoms with van der Waals surface area (Å²) in [5.41, 5.74) is 2.91. The number of methoxy groups -OCH3 is 2. The topological polar surface area (TPSA) is 92.6 Å². The molecule has 0 bridgehead atoms. The third-order valence-corrected chi connectivity index (χ3v) is 12.6. The van der Waals surface area contributed by atoms with Gasteiger partial charge in [0, 0.05) is 63.4 Å². The van der Waals surface area contributed by atoms with Gasteiger partial charge in [0.25, 0.3) is 5.56 Å². The maximum atomic E-state index is 12.8. The van der Waals surface area contributed by atoms with Gasteiger partial charge >= 0.3 is 6.09 Å². The lowest BCUT2D eigenvalue weighted by Crippen LogP contribution is -2.52. The van der Waals surface area contributed by atoms with Gasteiger partial charge in [0.1, 0.15) is 17.1 Å². The summed E-state index contributed by atoms with van der Waals surface area (Å²) in [6.45, 7) is 16.2. The fourth-order valence-corrected chi connectivity index (χ4v) is 9.42. The van der Waals surface area contributed by atoms with Crippen LogP contribution < -0.4 is 15.0 Å². The first kappa shape index (κ1) is 37.6. The van der Waals surface area contributed by atoms with Crippen molar-refractivity contribution in [1.29, 1.82) is 0 Å². The Balaban J connectivity index is 0.896. The highest BCUT2D eigenvalue weighted by molar-refractivity contribution is 5.95. The first-order valence-electron chi connectivity index (χ1n) is 19.8. The molecule has 4 aliphatic rings. The highest BCUT2D eigenvalue weighted by Crippen LogP contribution is 2.44. The minimum Gasteiger partial charge on any atom is -0.496 e. The molecule has 0 N–H and O–H groups in total. The number of hydrogen-bond acceptors (Lipinski definition) is 9. The molecule has 1 atom stereocenters. The van der Waals surface area contributed by atoms with Crippen LogP contribution in [0.5, 0.6) is 11.5 Å². The standard InChI is InChI=1S/C42H60N6O5/c1-41(2,3)53-40(50)48-18-8-30(27-48)26-45-16-9-32(10-17-45)47-21-13-42(14-22-47)11-19-46(20-12-42)29-36-37(51-5)23-31(24-38(36)52-6)35-28-44(4)39(49)34-25-43-15-7-33(34)35/h7,15,23-25,28,30,32H,8-14,16-22,26-27,29H2,1-6H3. The molecule has 288 valence electrons. The highest BCUT2D eigenvalue weighted by atomic mass is 16.6. The zero-order valence-electron chi connectivity index (χ0n) is 32.9. The van der Waals surface area contributed by atoms with Gasteiger partial charge < -0.3 is 33.5 Å². The van der Waals surface area contributed by atoms with Crippen molar-refractivity contribution >= 4 is 16.9 Å². The molecule has 1 aromatic carbocycles. The Morgan fingerprint density at radius 2 is 1.55 bits per heavy atom. The quantitative estimate of drug-likeness (QED) is 0.276. The maximum absolute atomic E-state index is 12.8. The number of fused-ring (bicyclic) bond motifs is 1. The van der Waals surface area contributed by atoms with Gasteiger partial charge in [-0.25, -0.2) is 4.79 Å². The summed E-state index contributed by atoms with van der Waals surface area (Å²) in [6, 6.07) is 6.76. The van der Waals surface area contributed by atoms with Gasteiger partial charge in [-0.15, -0.1) is 0 Å². The van der Waals surface area contributed by atoms with Crippen molar-refractivity contribution in [3.8, 4) is 22.6 Å². The van der Waals surface area contributed by atoms with E-state index in [1.807, 2.05) is 37.9 Å². The number of carbonyl (C=O) groups excluding carboxylic acids is 1. The summed E-state index contributed by atoms with van der Waals surface area (Å²) in [7, 11) is 5.23. The van der Waals surface area contributed by atoms with Crippen LogP contribution in [0.1, 0.15) is 71.3 Å². The first-order valence-corrected chi connectivity index (χ1v) is 19.8. The van der Waals surface area contributed by atoms with E-state index >= 15 is 0 Å². The third kappa shape index (κ3) is 8.37. The number of carbonyl (C=O) groups is 1. The van der Waals surface area contributed by atoms with Gasteiger partial charge in [0.2, 0.25) is 0 Å². The van der Waals surface area contributed by atoms with Crippen LogP contribution >= 0.6 is 0 Å². The number of ether oxygens (including phenoxy) is 3. The van der Waals surface area contributed by atoms with E-state index in [0.717, 1.165) is 92.4 Å². The van der Waals surface area contributed by atoms with Gasteiger partial charge in [0.05, 0.1) is 25.2 Å². The summed E-state index contributed by atoms with van der Waals surface area (Å²) < 4.78 is 19.2. The van der Waals surface area contributed by atoms with Gasteiger partial charge in [0.15, 0.2) is 0 Å². The van der Waals surface area contributed by atoms with Crippen molar-refractivity contribution in [1.82, 2.24) is 29.2 Å². The minimum absolute atomic E-state index is 0.0621. The zero-order chi connectivity index (χ0) is 37.3. The summed E-state index contributed by atoms with van der Waals surface area (Å²) in [5.74, 6) is 2.16. The first-order chi connectivity index (χ1) is 25.4. The van der Waals surface area contributed by atoms with E-state index < -0.39 is 5.60 Å². The summed E-state index contributed by atoms with van der Waals surface area (Å²) in [4.78, 5) is 39.4. The van der Waals surface area contributed by atoms with E-state index in [4.69, 9.17) is 14.2 Å². The summed E-state index contributed by atoms with van der Waals surface area (Å²) in [6.07, 6.45) is 13.7. The summed E-state index contributed by atoms with van der Waals surface area (Å²) >= 11 is 0. The predicted octanol–water partition coefficient (Wildman–Crippen LogP) is 6.02. The second-order valence-corrected chi connectivity index (χ2v) is 17.2. The number of hydrogen-bond donors (Lipinski definition) is 0. The van der Waals surface area contributed by atoms with Crippen molar-refractivity contribution in [3.63, 3.8) is 0 Å². The van der Waals surface area contributed by atoms with E-state index in [2.05, 4.69) is 31.8 Å². The van der Waals surface area contributed by atoms with Crippen LogP contribution in [0.4, 0.5) is 4.79 Å². The minimum atomic E-state index is -0.440. The number of nitrogens with zero attached hydrogens (tertiary/aromatic N) is 6. The largest absolute Gasteiger partial charge is 0.496 e. The van der Waals surface area contributed by atoms with Crippen LogP contribution in [0.2, 0.25) is 0 Å². The smallest absolute Gasteiger partial charge is 0.410 e.